The number of aromatic nitrogens is 2. The molecule has 5 nitrogen and oxygen atoms in total. The van der Waals surface area contributed by atoms with Crippen molar-refractivity contribution in [3.8, 4) is 39.7 Å². The number of thioether (sulfide) groups is 1. The number of pyridine rings is 1. The van der Waals surface area contributed by atoms with Gasteiger partial charge in [0, 0.05) is 39.3 Å². The minimum atomic E-state index is -0.154. The van der Waals surface area contributed by atoms with Gasteiger partial charge in [-0.05, 0) is 24.6 Å². The van der Waals surface area contributed by atoms with Crippen molar-refractivity contribution < 1.29 is 4.79 Å². The number of nitriles is 1. The average molecular weight is 567 g/mol. The van der Waals surface area contributed by atoms with E-state index in [2.05, 4.69) is 16.4 Å². The Bertz CT molecular complexity index is 1660. The molecule has 0 aliphatic heterocycles. The van der Waals surface area contributed by atoms with Crippen LogP contribution in [0.1, 0.15) is 17.5 Å². The molecule has 5 rings (SSSR count). The third-order valence-corrected chi connectivity index (χ3v) is 8.06. The lowest BCUT2D eigenvalue weighted by Gasteiger charge is -2.13. The number of anilines is 1. The number of rotatable bonds is 8. The molecular formula is C31H23ClN4OS2. The predicted octanol–water partition coefficient (Wildman–Crippen LogP) is 8.49. The first-order valence-electron chi connectivity index (χ1n) is 12.2. The van der Waals surface area contributed by atoms with Crippen LogP contribution in [0.2, 0.25) is 5.02 Å². The first-order valence-corrected chi connectivity index (χ1v) is 14.5. The molecule has 0 aliphatic carbocycles. The van der Waals surface area contributed by atoms with Gasteiger partial charge in [-0.25, -0.2) is 9.97 Å². The Morgan fingerprint density at radius 2 is 1.69 bits per heavy atom. The Hall–Kier alpha value is -3.96. The average Bonchev–Trinajstić information content (AvgIpc) is 3.41. The third-order valence-electron chi connectivity index (χ3n) is 6.00. The van der Waals surface area contributed by atoms with Gasteiger partial charge in [-0.3, -0.25) is 4.79 Å². The number of benzene rings is 3. The standard InChI is InChI=1S/C31H23ClN4OS2/c1-20-11-13-21(14-12-20)24-17-27(22-7-3-2-4-8-22)34-30(25(24)18-33)38-16-15-29(37)36-31-35-28(19-39-31)23-9-5-6-10-26(23)32/h2-14,17,19H,15-16H2,1H3,(H,35,36,37). The largest absolute Gasteiger partial charge is 0.302 e. The highest BCUT2D eigenvalue weighted by Gasteiger charge is 2.17. The summed E-state index contributed by atoms with van der Waals surface area (Å²) in [6.45, 7) is 2.03. The summed E-state index contributed by atoms with van der Waals surface area (Å²) in [5.41, 5.74) is 6.73. The Morgan fingerprint density at radius 3 is 2.44 bits per heavy atom. The number of amides is 1. The van der Waals surface area contributed by atoms with Crippen LogP contribution in [0.5, 0.6) is 0 Å². The van der Waals surface area contributed by atoms with E-state index in [9.17, 15) is 10.1 Å². The molecule has 0 atom stereocenters. The number of nitrogens with zero attached hydrogens (tertiary/aromatic N) is 3. The number of thiazole rings is 1. The molecule has 1 N–H and O–H groups in total. The third kappa shape index (κ3) is 6.37. The molecule has 3 aromatic carbocycles. The number of aryl methyl sites for hydroxylation is 1. The first-order chi connectivity index (χ1) is 19.0. The molecule has 0 aliphatic rings. The molecule has 0 radical (unpaired) electrons. The summed E-state index contributed by atoms with van der Waals surface area (Å²) in [6, 6.07) is 29.8. The van der Waals surface area contributed by atoms with Crippen LogP contribution in [0.3, 0.4) is 0 Å². The number of hydrogen-bond acceptors (Lipinski definition) is 6. The van der Waals surface area contributed by atoms with Gasteiger partial charge in [-0.2, -0.15) is 5.26 Å². The van der Waals surface area contributed by atoms with E-state index in [0.717, 1.165) is 39.2 Å². The predicted molar refractivity (Wildman–Crippen MR) is 161 cm³/mol. The zero-order chi connectivity index (χ0) is 27.2. The maximum absolute atomic E-state index is 12.7. The molecule has 39 heavy (non-hydrogen) atoms. The van der Waals surface area contributed by atoms with Crippen molar-refractivity contribution >= 4 is 45.7 Å². The lowest BCUT2D eigenvalue weighted by molar-refractivity contribution is -0.115. The normalized spacial score (nSPS) is 10.7. The maximum atomic E-state index is 12.7. The van der Waals surface area contributed by atoms with E-state index in [0.29, 0.717) is 26.5 Å². The van der Waals surface area contributed by atoms with Crippen molar-refractivity contribution in [3.63, 3.8) is 0 Å². The summed E-state index contributed by atoms with van der Waals surface area (Å²) in [5.74, 6) is 0.306. The fourth-order valence-electron chi connectivity index (χ4n) is 4.00. The molecule has 2 heterocycles. The molecule has 5 aromatic rings. The van der Waals surface area contributed by atoms with Crippen LogP contribution >= 0.6 is 34.7 Å². The number of nitrogens with one attached hydrogen (secondary N) is 1. The van der Waals surface area contributed by atoms with Crippen LogP contribution in [0.25, 0.3) is 33.6 Å². The summed E-state index contributed by atoms with van der Waals surface area (Å²) >= 11 is 9.04. The Labute approximate surface area is 240 Å². The highest BCUT2D eigenvalue weighted by Crippen LogP contribution is 2.35. The topological polar surface area (TPSA) is 78.7 Å². The monoisotopic (exact) mass is 566 g/mol. The second kappa shape index (κ2) is 12.3. The lowest BCUT2D eigenvalue weighted by atomic mass is 9.98. The summed E-state index contributed by atoms with van der Waals surface area (Å²) in [5, 5.41) is 16.6. The second-order valence-corrected chi connectivity index (χ2v) is 11.1. The van der Waals surface area contributed by atoms with Gasteiger partial charge in [-0.1, -0.05) is 90.0 Å². The fraction of sp³-hybridized carbons (Fsp3) is 0.0968. The van der Waals surface area contributed by atoms with Gasteiger partial charge < -0.3 is 5.32 Å². The Balaban J connectivity index is 1.33. The van der Waals surface area contributed by atoms with Crippen LogP contribution in [0.4, 0.5) is 5.13 Å². The molecule has 0 saturated heterocycles. The molecule has 192 valence electrons. The quantitative estimate of drug-likeness (QED) is 0.190. The van der Waals surface area contributed by atoms with Gasteiger partial charge in [0.05, 0.1) is 17.0 Å². The van der Waals surface area contributed by atoms with Crippen molar-refractivity contribution in [3.05, 3.63) is 106 Å². The summed E-state index contributed by atoms with van der Waals surface area (Å²) in [6.07, 6.45) is 0.244. The van der Waals surface area contributed by atoms with E-state index in [1.165, 1.54) is 23.1 Å². The van der Waals surface area contributed by atoms with Crippen molar-refractivity contribution in [2.75, 3.05) is 11.1 Å². The SMILES string of the molecule is Cc1ccc(-c2cc(-c3ccccc3)nc(SCCC(=O)Nc3nc(-c4ccccc4Cl)cs3)c2C#N)cc1. The van der Waals surface area contributed by atoms with E-state index in [-0.39, 0.29) is 12.3 Å². The first kappa shape index (κ1) is 26.6. The van der Waals surface area contributed by atoms with Crippen molar-refractivity contribution in [2.24, 2.45) is 0 Å². The zero-order valence-corrected chi connectivity index (χ0v) is 23.4. The van der Waals surface area contributed by atoms with Crippen molar-refractivity contribution in [1.82, 2.24) is 9.97 Å². The number of carbonyl (C=O) groups is 1. The van der Waals surface area contributed by atoms with E-state index < -0.39 is 0 Å². The summed E-state index contributed by atoms with van der Waals surface area (Å²) in [7, 11) is 0. The second-order valence-electron chi connectivity index (χ2n) is 8.74. The molecular weight excluding hydrogens is 544 g/mol. The number of hydrogen-bond donors (Lipinski definition) is 1. The molecule has 0 spiro atoms. The molecule has 0 bridgehead atoms. The van der Waals surface area contributed by atoms with Crippen LogP contribution in [0.15, 0.2) is 95.3 Å². The molecule has 0 unspecified atom stereocenters. The lowest BCUT2D eigenvalue weighted by Crippen LogP contribution is -2.12. The van der Waals surface area contributed by atoms with Gasteiger partial charge in [0.25, 0.3) is 0 Å². The Kier molecular flexibility index (Phi) is 8.38. The smallest absolute Gasteiger partial charge is 0.226 e. The van der Waals surface area contributed by atoms with Crippen molar-refractivity contribution in [2.45, 2.75) is 18.4 Å². The highest BCUT2D eigenvalue weighted by atomic mass is 35.5. The molecule has 0 fully saturated rings. The maximum Gasteiger partial charge on any atom is 0.226 e. The summed E-state index contributed by atoms with van der Waals surface area (Å²) < 4.78 is 0. The highest BCUT2D eigenvalue weighted by molar-refractivity contribution is 7.99. The van der Waals surface area contributed by atoms with Crippen LogP contribution < -0.4 is 5.32 Å². The summed E-state index contributed by atoms with van der Waals surface area (Å²) in [4.78, 5) is 22.1. The number of carbonyl (C=O) groups excluding carboxylic acids is 1. The molecule has 0 saturated carbocycles. The van der Waals surface area contributed by atoms with Crippen LogP contribution in [-0.2, 0) is 4.79 Å². The van der Waals surface area contributed by atoms with E-state index in [1.807, 2.05) is 97.2 Å². The van der Waals surface area contributed by atoms with Crippen LogP contribution in [0, 0.1) is 18.3 Å². The number of halogens is 1. The van der Waals surface area contributed by atoms with E-state index in [1.54, 1.807) is 0 Å². The van der Waals surface area contributed by atoms with Crippen LogP contribution in [-0.4, -0.2) is 21.6 Å². The van der Waals surface area contributed by atoms with Gasteiger partial charge >= 0.3 is 0 Å². The Morgan fingerprint density at radius 1 is 0.949 bits per heavy atom. The van der Waals surface area contributed by atoms with E-state index >= 15 is 0 Å². The molecule has 1 amide bonds. The van der Waals surface area contributed by atoms with Gasteiger partial charge in [-0.15, -0.1) is 23.1 Å². The zero-order valence-electron chi connectivity index (χ0n) is 21.0. The van der Waals surface area contributed by atoms with E-state index in [4.69, 9.17) is 16.6 Å². The van der Waals surface area contributed by atoms with Gasteiger partial charge in [0.15, 0.2) is 5.13 Å². The minimum absolute atomic E-state index is 0.154. The van der Waals surface area contributed by atoms with Gasteiger partial charge in [0.2, 0.25) is 5.91 Å². The minimum Gasteiger partial charge on any atom is -0.302 e. The van der Waals surface area contributed by atoms with Crippen molar-refractivity contribution in [1.29, 1.82) is 5.26 Å². The molecule has 8 heteroatoms. The molecule has 2 aromatic heterocycles. The fourth-order valence-corrected chi connectivity index (χ4v) is 5.90. The van der Waals surface area contributed by atoms with Gasteiger partial charge in [0.1, 0.15) is 11.1 Å².